The third-order valence-corrected chi connectivity index (χ3v) is 3.94. The Labute approximate surface area is 159 Å². The normalized spacial score (nSPS) is 10.4. The van der Waals surface area contributed by atoms with Gasteiger partial charge in [-0.25, -0.2) is 4.98 Å². The molecule has 6 nitrogen and oxygen atoms in total. The molecule has 0 fully saturated rings. The summed E-state index contributed by atoms with van der Waals surface area (Å²) >= 11 is 11.8. The molecule has 0 atom stereocenters. The zero-order valence-electron chi connectivity index (χ0n) is 13.6. The van der Waals surface area contributed by atoms with Crippen LogP contribution in [-0.4, -0.2) is 15.5 Å². The smallest absolute Gasteiger partial charge is 0.255 e. The summed E-state index contributed by atoms with van der Waals surface area (Å²) in [6, 6.07) is 11.0. The third kappa shape index (κ3) is 4.22. The predicted octanol–water partition coefficient (Wildman–Crippen LogP) is 4.13. The number of benzene rings is 1. The summed E-state index contributed by atoms with van der Waals surface area (Å²) in [7, 11) is 1.62. The number of hydrogen-bond donors (Lipinski definition) is 1. The molecule has 0 aliphatic heterocycles. The number of nitrogens with zero attached hydrogens (tertiary/aromatic N) is 2. The number of rotatable bonds is 4. The number of hydrogen-bond acceptors (Lipinski definition) is 4. The maximum absolute atomic E-state index is 12.2. The monoisotopic (exact) mass is 389 g/mol. The van der Waals surface area contributed by atoms with Crippen LogP contribution in [-0.2, 0) is 7.05 Å². The van der Waals surface area contributed by atoms with Gasteiger partial charge >= 0.3 is 0 Å². The van der Waals surface area contributed by atoms with Gasteiger partial charge in [0.1, 0.15) is 10.8 Å². The van der Waals surface area contributed by atoms with E-state index in [2.05, 4.69) is 10.3 Å². The van der Waals surface area contributed by atoms with E-state index >= 15 is 0 Å². The van der Waals surface area contributed by atoms with Gasteiger partial charge in [-0.3, -0.25) is 9.59 Å². The minimum absolute atomic E-state index is 0.230. The summed E-state index contributed by atoms with van der Waals surface area (Å²) in [6.45, 7) is 0. The van der Waals surface area contributed by atoms with Gasteiger partial charge in [0.25, 0.3) is 11.5 Å². The highest BCUT2D eigenvalue weighted by molar-refractivity contribution is 6.35. The van der Waals surface area contributed by atoms with Gasteiger partial charge in [0, 0.05) is 36.8 Å². The summed E-state index contributed by atoms with van der Waals surface area (Å²) in [4.78, 5) is 27.8. The van der Waals surface area contributed by atoms with Crippen molar-refractivity contribution >= 4 is 34.8 Å². The van der Waals surface area contributed by atoms with Crippen molar-refractivity contribution in [2.45, 2.75) is 0 Å². The number of anilines is 1. The average Bonchev–Trinajstić information content (AvgIpc) is 2.61. The second-order valence-electron chi connectivity index (χ2n) is 5.39. The summed E-state index contributed by atoms with van der Waals surface area (Å²) in [5.41, 5.74) is 0.581. The van der Waals surface area contributed by atoms with Gasteiger partial charge in [-0.05, 0) is 36.4 Å². The predicted molar refractivity (Wildman–Crippen MR) is 100 cm³/mol. The quantitative estimate of drug-likeness (QED) is 0.727. The highest BCUT2D eigenvalue weighted by Gasteiger charge is 2.09. The first-order valence-corrected chi connectivity index (χ1v) is 8.25. The van der Waals surface area contributed by atoms with E-state index in [1.54, 1.807) is 37.4 Å². The second-order valence-corrected chi connectivity index (χ2v) is 6.23. The number of amides is 1. The summed E-state index contributed by atoms with van der Waals surface area (Å²) in [5, 5.41) is 3.42. The van der Waals surface area contributed by atoms with Crippen molar-refractivity contribution < 1.29 is 9.53 Å². The third-order valence-electron chi connectivity index (χ3n) is 3.47. The summed E-state index contributed by atoms with van der Waals surface area (Å²) in [5.74, 6) is 0.347. The highest BCUT2D eigenvalue weighted by Crippen LogP contribution is 2.29. The topological polar surface area (TPSA) is 73.2 Å². The van der Waals surface area contributed by atoms with Crippen molar-refractivity contribution in [3.8, 4) is 11.6 Å². The van der Waals surface area contributed by atoms with Crippen molar-refractivity contribution in [2.75, 3.05) is 5.32 Å². The van der Waals surface area contributed by atoms with Crippen molar-refractivity contribution in [2.24, 2.45) is 7.05 Å². The van der Waals surface area contributed by atoms with Crippen LogP contribution in [0.25, 0.3) is 0 Å². The molecule has 0 unspecified atom stereocenters. The van der Waals surface area contributed by atoms with E-state index in [4.69, 9.17) is 27.9 Å². The Balaban J connectivity index is 1.70. The number of carbonyl (C=O) groups excluding carboxylic acids is 1. The molecule has 3 aromatic rings. The minimum atomic E-state index is -0.376. The lowest BCUT2D eigenvalue weighted by molar-refractivity contribution is 0.102. The Morgan fingerprint density at radius 3 is 2.54 bits per heavy atom. The SMILES string of the molecule is Cn1ccc(C(=O)Nc2ccc(Oc3ncc(Cl)cc3Cl)cc2)cc1=O. The summed E-state index contributed by atoms with van der Waals surface area (Å²) in [6.07, 6.45) is 2.97. The van der Waals surface area contributed by atoms with Crippen molar-refractivity contribution in [3.63, 3.8) is 0 Å². The number of nitrogens with one attached hydrogen (secondary N) is 1. The molecule has 132 valence electrons. The standard InChI is InChI=1S/C18H13Cl2N3O3/c1-23-7-6-11(8-16(23)24)17(25)22-13-2-4-14(5-3-13)26-18-15(20)9-12(19)10-21-18/h2-10H,1H3,(H,22,25). The highest BCUT2D eigenvalue weighted by atomic mass is 35.5. The molecule has 0 saturated heterocycles. The molecule has 0 radical (unpaired) electrons. The van der Waals surface area contributed by atoms with Crippen LogP contribution in [0.15, 0.2) is 59.7 Å². The maximum atomic E-state index is 12.2. The van der Waals surface area contributed by atoms with Crippen LogP contribution in [0.4, 0.5) is 5.69 Å². The Morgan fingerprint density at radius 2 is 1.88 bits per heavy atom. The zero-order valence-corrected chi connectivity index (χ0v) is 15.1. The molecule has 3 rings (SSSR count). The first-order chi connectivity index (χ1) is 12.4. The van der Waals surface area contributed by atoms with Crippen molar-refractivity contribution in [1.82, 2.24) is 9.55 Å². The van der Waals surface area contributed by atoms with Crippen LogP contribution in [0.3, 0.4) is 0 Å². The fourth-order valence-corrected chi connectivity index (χ4v) is 2.51. The zero-order chi connectivity index (χ0) is 18.7. The van der Waals surface area contributed by atoms with Crippen LogP contribution in [0, 0.1) is 0 Å². The Morgan fingerprint density at radius 1 is 1.15 bits per heavy atom. The Hall–Kier alpha value is -2.83. The lowest BCUT2D eigenvalue weighted by Gasteiger charge is -2.09. The van der Waals surface area contributed by atoms with E-state index in [1.807, 2.05) is 0 Å². The van der Waals surface area contributed by atoms with E-state index in [1.165, 1.54) is 29.1 Å². The molecule has 8 heteroatoms. The molecular formula is C18H13Cl2N3O3. The van der Waals surface area contributed by atoms with Gasteiger partial charge in [0.2, 0.25) is 5.88 Å². The molecule has 2 aromatic heterocycles. The summed E-state index contributed by atoms with van der Waals surface area (Å²) < 4.78 is 6.97. The number of carbonyl (C=O) groups is 1. The second kappa shape index (κ2) is 7.59. The van der Waals surface area contributed by atoms with Crippen LogP contribution < -0.4 is 15.6 Å². The first kappa shape index (κ1) is 18.0. The molecule has 0 aliphatic carbocycles. The van der Waals surface area contributed by atoms with Crippen LogP contribution in [0.5, 0.6) is 11.6 Å². The fraction of sp³-hybridized carbons (Fsp3) is 0.0556. The average molecular weight is 390 g/mol. The minimum Gasteiger partial charge on any atom is -0.438 e. The Kier molecular flexibility index (Phi) is 5.25. The molecule has 26 heavy (non-hydrogen) atoms. The molecule has 0 bridgehead atoms. The van der Waals surface area contributed by atoms with Gasteiger partial charge < -0.3 is 14.6 Å². The lowest BCUT2D eigenvalue weighted by Crippen LogP contribution is -2.19. The molecule has 1 aromatic carbocycles. The lowest BCUT2D eigenvalue weighted by atomic mass is 10.2. The largest absolute Gasteiger partial charge is 0.438 e. The van der Waals surface area contributed by atoms with Crippen molar-refractivity contribution in [1.29, 1.82) is 0 Å². The van der Waals surface area contributed by atoms with Gasteiger partial charge in [-0.2, -0.15) is 0 Å². The van der Waals surface area contributed by atoms with Gasteiger partial charge in [0.05, 0.1) is 5.02 Å². The van der Waals surface area contributed by atoms with Crippen LogP contribution >= 0.6 is 23.2 Å². The molecule has 2 heterocycles. The molecular weight excluding hydrogens is 377 g/mol. The fourth-order valence-electron chi connectivity index (χ4n) is 2.09. The molecule has 1 amide bonds. The van der Waals surface area contributed by atoms with E-state index in [-0.39, 0.29) is 22.9 Å². The maximum Gasteiger partial charge on any atom is 0.255 e. The van der Waals surface area contributed by atoms with Crippen molar-refractivity contribution in [3.05, 3.63) is 80.8 Å². The van der Waals surface area contributed by atoms with E-state index in [0.29, 0.717) is 21.5 Å². The van der Waals surface area contributed by atoms with E-state index in [0.717, 1.165) is 0 Å². The molecule has 0 saturated carbocycles. The van der Waals surface area contributed by atoms with Crippen LogP contribution in [0.1, 0.15) is 10.4 Å². The van der Waals surface area contributed by atoms with E-state index < -0.39 is 0 Å². The number of ether oxygens (including phenoxy) is 1. The number of aromatic nitrogens is 2. The number of halogens is 2. The number of pyridine rings is 2. The molecule has 0 aliphatic rings. The number of aryl methyl sites for hydroxylation is 1. The van der Waals surface area contributed by atoms with Gasteiger partial charge in [-0.15, -0.1) is 0 Å². The van der Waals surface area contributed by atoms with Crippen LogP contribution in [0.2, 0.25) is 10.0 Å². The van der Waals surface area contributed by atoms with Gasteiger partial charge in [-0.1, -0.05) is 23.2 Å². The van der Waals surface area contributed by atoms with E-state index in [9.17, 15) is 9.59 Å². The molecule has 1 N–H and O–H groups in total. The Bertz CT molecular complexity index is 1020. The first-order valence-electron chi connectivity index (χ1n) is 7.49. The van der Waals surface area contributed by atoms with Gasteiger partial charge in [0.15, 0.2) is 0 Å². The molecule has 0 spiro atoms.